The summed E-state index contributed by atoms with van der Waals surface area (Å²) in [6.45, 7) is 1.89. The zero-order valence-electron chi connectivity index (χ0n) is 11.2. The van der Waals surface area contributed by atoms with E-state index >= 15 is 0 Å². The Bertz CT molecular complexity index is 814. The second-order valence-corrected chi connectivity index (χ2v) is 5.06. The van der Waals surface area contributed by atoms with Crippen LogP contribution in [0, 0.1) is 12.7 Å². The Labute approximate surface area is 126 Å². The van der Waals surface area contributed by atoms with Crippen LogP contribution in [0.15, 0.2) is 47.0 Å². The topological polar surface area (TPSA) is 52.0 Å². The Morgan fingerprint density at radius 1 is 1.10 bits per heavy atom. The summed E-state index contributed by atoms with van der Waals surface area (Å²) in [5.74, 6) is -0.329. The molecule has 2 aromatic carbocycles. The van der Waals surface area contributed by atoms with Gasteiger partial charge in [-0.25, -0.2) is 4.39 Å². The Balaban J connectivity index is 2.28. The monoisotopic (exact) mass is 302 g/mol. The number of rotatable bonds is 2. The first-order valence-electron chi connectivity index (χ1n) is 6.35. The maximum absolute atomic E-state index is 14.1. The summed E-state index contributed by atoms with van der Waals surface area (Å²) in [5.41, 5.74) is 8.58. The van der Waals surface area contributed by atoms with Crippen LogP contribution >= 0.6 is 11.6 Å². The van der Waals surface area contributed by atoms with Crippen LogP contribution in [0.2, 0.25) is 5.02 Å². The maximum atomic E-state index is 14.1. The summed E-state index contributed by atoms with van der Waals surface area (Å²) >= 11 is 6.32. The summed E-state index contributed by atoms with van der Waals surface area (Å²) in [5, 5.41) is 4.50. The Hall–Kier alpha value is -2.33. The van der Waals surface area contributed by atoms with Crippen LogP contribution < -0.4 is 5.73 Å². The van der Waals surface area contributed by atoms with Crippen molar-refractivity contribution in [2.45, 2.75) is 6.92 Å². The smallest absolute Gasteiger partial charge is 0.230 e. The third kappa shape index (κ3) is 2.28. The molecule has 0 atom stereocenters. The second-order valence-electron chi connectivity index (χ2n) is 4.69. The maximum Gasteiger partial charge on any atom is 0.230 e. The van der Waals surface area contributed by atoms with Crippen LogP contribution in [-0.2, 0) is 0 Å². The Kier molecular flexibility index (Phi) is 3.39. The summed E-state index contributed by atoms with van der Waals surface area (Å²) in [4.78, 5) is 0. The number of anilines is 1. The van der Waals surface area contributed by atoms with E-state index in [1.807, 2.05) is 19.1 Å². The molecule has 1 heterocycles. The van der Waals surface area contributed by atoms with Crippen LogP contribution in [0.25, 0.3) is 22.4 Å². The van der Waals surface area contributed by atoms with Crippen LogP contribution in [0.5, 0.6) is 0 Å². The molecule has 0 radical (unpaired) electrons. The summed E-state index contributed by atoms with van der Waals surface area (Å²) in [6, 6.07) is 11.9. The van der Waals surface area contributed by atoms with Gasteiger partial charge < -0.3 is 10.3 Å². The lowest BCUT2D eigenvalue weighted by molar-refractivity contribution is 0.439. The van der Waals surface area contributed by atoms with E-state index in [2.05, 4.69) is 5.16 Å². The van der Waals surface area contributed by atoms with Crippen LogP contribution in [0.1, 0.15) is 5.56 Å². The Morgan fingerprint density at radius 3 is 2.57 bits per heavy atom. The van der Waals surface area contributed by atoms with Crippen molar-refractivity contribution in [1.82, 2.24) is 5.16 Å². The lowest BCUT2D eigenvalue weighted by Crippen LogP contribution is -1.91. The van der Waals surface area contributed by atoms with E-state index in [9.17, 15) is 4.39 Å². The van der Waals surface area contributed by atoms with Gasteiger partial charge in [0.1, 0.15) is 11.5 Å². The first kappa shape index (κ1) is 13.6. The molecule has 3 aromatic rings. The summed E-state index contributed by atoms with van der Waals surface area (Å²) in [7, 11) is 0. The number of benzene rings is 2. The molecule has 0 aliphatic heterocycles. The molecule has 21 heavy (non-hydrogen) atoms. The predicted molar refractivity (Wildman–Crippen MR) is 81.5 cm³/mol. The van der Waals surface area contributed by atoms with E-state index < -0.39 is 5.82 Å². The lowest BCUT2D eigenvalue weighted by Gasteiger charge is -2.07. The lowest BCUT2D eigenvalue weighted by atomic mass is 9.99. The molecule has 2 N–H and O–H groups in total. The SMILES string of the molecule is Cc1cccc(-c2noc(N)c2-c2ccccc2F)c1Cl. The van der Waals surface area contributed by atoms with Crippen molar-refractivity contribution in [3.05, 3.63) is 58.9 Å². The molecule has 3 rings (SSSR count). The predicted octanol–water partition coefficient (Wildman–Crippen LogP) is 4.69. The molecule has 0 bridgehead atoms. The molecular weight excluding hydrogens is 291 g/mol. The van der Waals surface area contributed by atoms with Crippen molar-refractivity contribution in [1.29, 1.82) is 0 Å². The van der Waals surface area contributed by atoms with Crippen LogP contribution in [0.3, 0.4) is 0 Å². The highest BCUT2D eigenvalue weighted by Gasteiger charge is 2.21. The van der Waals surface area contributed by atoms with Gasteiger partial charge in [-0.2, -0.15) is 0 Å². The van der Waals surface area contributed by atoms with Crippen molar-refractivity contribution < 1.29 is 8.91 Å². The van der Waals surface area contributed by atoms with Gasteiger partial charge in [0.05, 0.1) is 10.6 Å². The third-order valence-electron chi connectivity index (χ3n) is 3.31. The minimum Gasteiger partial charge on any atom is -0.367 e. The van der Waals surface area contributed by atoms with Crippen molar-refractivity contribution in [2.75, 3.05) is 5.73 Å². The van der Waals surface area contributed by atoms with Crippen LogP contribution in [-0.4, -0.2) is 5.16 Å². The quantitative estimate of drug-likeness (QED) is 0.747. The van der Waals surface area contributed by atoms with Gasteiger partial charge in [0.25, 0.3) is 0 Å². The number of hydrogen-bond acceptors (Lipinski definition) is 3. The van der Waals surface area contributed by atoms with E-state index in [1.54, 1.807) is 24.3 Å². The normalized spacial score (nSPS) is 10.8. The molecule has 1 aromatic heterocycles. The fourth-order valence-corrected chi connectivity index (χ4v) is 2.46. The van der Waals surface area contributed by atoms with Crippen LogP contribution in [0.4, 0.5) is 10.3 Å². The molecule has 0 unspecified atom stereocenters. The number of aromatic nitrogens is 1. The zero-order valence-corrected chi connectivity index (χ0v) is 12.0. The number of hydrogen-bond donors (Lipinski definition) is 1. The van der Waals surface area contributed by atoms with Gasteiger partial charge in [0.15, 0.2) is 0 Å². The molecule has 0 aliphatic carbocycles. The molecule has 0 aliphatic rings. The highest BCUT2D eigenvalue weighted by molar-refractivity contribution is 6.34. The van der Waals surface area contributed by atoms with E-state index in [4.69, 9.17) is 21.9 Å². The minimum atomic E-state index is -0.391. The number of nitrogens with zero attached hydrogens (tertiary/aromatic N) is 1. The first-order chi connectivity index (χ1) is 10.1. The van der Waals surface area contributed by atoms with E-state index in [-0.39, 0.29) is 5.88 Å². The minimum absolute atomic E-state index is 0.0627. The summed E-state index contributed by atoms with van der Waals surface area (Å²) < 4.78 is 19.1. The largest absolute Gasteiger partial charge is 0.367 e. The van der Waals surface area contributed by atoms with E-state index in [0.717, 1.165) is 5.56 Å². The van der Waals surface area contributed by atoms with Gasteiger partial charge in [0.2, 0.25) is 5.88 Å². The van der Waals surface area contributed by atoms with Crippen molar-refractivity contribution >= 4 is 17.5 Å². The molecular formula is C16H12ClFN2O. The summed E-state index contributed by atoms with van der Waals surface area (Å²) in [6.07, 6.45) is 0. The van der Waals surface area contributed by atoms with Crippen molar-refractivity contribution in [2.24, 2.45) is 0 Å². The number of nitrogens with two attached hydrogens (primary N) is 1. The second kappa shape index (κ2) is 5.22. The molecule has 106 valence electrons. The first-order valence-corrected chi connectivity index (χ1v) is 6.73. The molecule has 5 heteroatoms. The Morgan fingerprint density at radius 2 is 1.81 bits per heavy atom. The number of halogens is 2. The molecule has 0 saturated heterocycles. The average Bonchev–Trinajstić information content (AvgIpc) is 2.84. The van der Waals surface area contributed by atoms with Crippen molar-refractivity contribution in [3.63, 3.8) is 0 Å². The fourth-order valence-electron chi connectivity index (χ4n) is 2.24. The van der Waals surface area contributed by atoms with Gasteiger partial charge in [-0.05, 0) is 18.6 Å². The van der Waals surface area contributed by atoms with Gasteiger partial charge in [0, 0.05) is 11.1 Å². The van der Waals surface area contributed by atoms with Gasteiger partial charge >= 0.3 is 0 Å². The number of aryl methyl sites for hydroxylation is 1. The van der Waals surface area contributed by atoms with E-state index in [0.29, 0.717) is 27.4 Å². The molecule has 0 amide bonds. The average molecular weight is 303 g/mol. The molecule has 0 spiro atoms. The third-order valence-corrected chi connectivity index (χ3v) is 3.81. The molecule has 0 saturated carbocycles. The molecule has 0 fully saturated rings. The number of nitrogen functional groups attached to an aromatic ring is 1. The van der Waals surface area contributed by atoms with Gasteiger partial charge in [-0.1, -0.05) is 53.2 Å². The molecule has 3 nitrogen and oxygen atoms in total. The van der Waals surface area contributed by atoms with Gasteiger partial charge in [-0.15, -0.1) is 0 Å². The highest BCUT2D eigenvalue weighted by atomic mass is 35.5. The van der Waals surface area contributed by atoms with Gasteiger partial charge in [-0.3, -0.25) is 0 Å². The van der Waals surface area contributed by atoms with Crippen molar-refractivity contribution in [3.8, 4) is 22.4 Å². The zero-order chi connectivity index (χ0) is 15.0. The standard InChI is InChI=1S/C16H12ClFN2O/c1-9-5-4-7-11(14(9)17)15-13(16(19)21-20-15)10-6-2-3-8-12(10)18/h2-8H,19H2,1H3. The van der Waals surface area contributed by atoms with E-state index in [1.165, 1.54) is 6.07 Å². The highest BCUT2D eigenvalue weighted by Crippen LogP contribution is 2.40. The fraction of sp³-hybridized carbons (Fsp3) is 0.0625.